The molecule has 8 nitrogen and oxygen atoms in total. The number of aryl methyl sites for hydroxylation is 4. The topological polar surface area (TPSA) is 100 Å². The Bertz CT molecular complexity index is 1300. The third kappa shape index (κ3) is 7.69. The van der Waals surface area contributed by atoms with E-state index in [4.69, 9.17) is 4.98 Å². The number of anilines is 2. The Morgan fingerprint density at radius 2 is 1.87 bits per heavy atom. The Hall–Kier alpha value is -3.65. The lowest BCUT2D eigenvalue weighted by Crippen LogP contribution is -2.49. The summed E-state index contributed by atoms with van der Waals surface area (Å²) in [5.41, 5.74) is 6.93. The fraction of sp³-hybridized carbons (Fsp3) is 0.452. The summed E-state index contributed by atoms with van der Waals surface area (Å²) < 4.78 is 0. The number of amides is 1. The van der Waals surface area contributed by atoms with Gasteiger partial charge in [0.15, 0.2) is 0 Å². The van der Waals surface area contributed by atoms with E-state index in [0.717, 1.165) is 41.9 Å². The van der Waals surface area contributed by atoms with Gasteiger partial charge in [-0.3, -0.25) is 9.78 Å². The minimum atomic E-state index is 0.0265. The van der Waals surface area contributed by atoms with Crippen molar-refractivity contribution in [1.82, 2.24) is 25.2 Å². The van der Waals surface area contributed by atoms with Crippen molar-refractivity contribution in [3.8, 4) is 0 Å². The van der Waals surface area contributed by atoms with Gasteiger partial charge in [-0.1, -0.05) is 13.0 Å². The van der Waals surface area contributed by atoms with Gasteiger partial charge in [-0.15, -0.1) is 0 Å². The highest BCUT2D eigenvalue weighted by atomic mass is 16.2. The van der Waals surface area contributed by atoms with Crippen LogP contribution in [0.25, 0.3) is 0 Å². The number of likely N-dealkylation sites (tertiary alicyclic amines) is 1. The molecule has 0 unspecified atom stereocenters. The molecule has 1 saturated heterocycles. The van der Waals surface area contributed by atoms with Crippen molar-refractivity contribution in [3.63, 3.8) is 0 Å². The quantitative estimate of drug-likeness (QED) is 0.378. The Morgan fingerprint density at radius 1 is 1.10 bits per heavy atom. The highest BCUT2D eigenvalue weighted by molar-refractivity contribution is 5.94. The van der Waals surface area contributed by atoms with E-state index in [1.165, 1.54) is 11.1 Å². The number of hydrogen-bond donors (Lipinski definition) is 2. The van der Waals surface area contributed by atoms with Gasteiger partial charge in [0, 0.05) is 60.9 Å². The zero-order valence-corrected chi connectivity index (χ0v) is 23.8. The normalized spacial score (nSPS) is 17.2. The van der Waals surface area contributed by atoms with Gasteiger partial charge in [-0.2, -0.15) is 0 Å². The molecule has 8 heteroatoms. The molecule has 0 spiro atoms. The van der Waals surface area contributed by atoms with Crippen LogP contribution in [0.4, 0.5) is 11.6 Å². The molecule has 0 aliphatic carbocycles. The molecular formula is C31H40N6O2. The molecule has 4 rings (SSSR count). The Morgan fingerprint density at radius 3 is 2.56 bits per heavy atom. The minimum absolute atomic E-state index is 0.0265. The lowest BCUT2D eigenvalue weighted by Gasteiger charge is -2.38. The van der Waals surface area contributed by atoms with Gasteiger partial charge in [0.2, 0.25) is 5.95 Å². The number of Topliss-reactive ketones (excluding diaryl/α,β-unsaturated/α-hetero) is 1. The van der Waals surface area contributed by atoms with E-state index in [0.29, 0.717) is 43.5 Å². The zero-order chi connectivity index (χ0) is 27.9. The molecule has 1 fully saturated rings. The highest BCUT2D eigenvalue weighted by Gasteiger charge is 2.29. The second kappa shape index (κ2) is 12.9. The van der Waals surface area contributed by atoms with E-state index in [9.17, 15) is 9.59 Å². The standard InChI is InChI=1S/C31H40N6O2/c1-6-24-18-34-31(35-28-14-20(2)13-21(3)15-28)36-29(24)19-33-27-10-12-37(22(4)16-27)30(39)25-9-11-32-26(17-25)8-7-23(5)38/h9,11,13-15,17-18,22,27,33H,6-8,10,12,16,19H2,1-5H3,(H,34,35,36)/t22-,27-/m1/s1. The number of nitrogens with zero attached hydrogens (tertiary/aromatic N) is 4. The SMILES string of the molecule is CCc1cnc(Nc2cc(C)cc(C)c2)nc1CN[C@@H]1CCN(C(=O)c2ccnc(CCC(C)=O)c2)[C@H](C)C1. The van der Waals surface area contributed by atoms with E-state index in [1.807, 2.05) is 17.2 Å². The van der Waals surface area contributed by atoms with Gasteiger partial charge in [-0.05, 0) is 94.3 Å². The van der Waals surface area contributed by atoms with Crippen molar-refractivity contribution >= 4 is 23.3 Å². The van der Waals surface area contributed by atoms with Gasteiger partial charge >= 0.3 is 0 Å². The average Bonchev–Trinajstić information content (AvgIpc) is 2.90. The molecule has 2 aromatic heterocycles. The van der Waals surface area contributed by atoms with Crippen molar-refractivity contribution in [2.45, 2.75) is 85.4 Å². The molecule has 1 aromatic carbocycles. The first-order valence-electron chi connectivity index (χ1n) is 13.9. The van der Waals surface area contributed by atoms with Crippen LogP contribution >= 0.6 is 0 Å². The van der Waals surface area contributed by atoms with Crippen LogP contribution in [-0.2, 0) is 24.2 Å². The Balaban J connectivity index is 1.36. The van der Waals surface area contributed by atoms with Gasteiger partial charge in [-0.25, -0.2) is 9.97 Å². The van der Waals surface area contributed by atoms with Crippen molar-refractivity contribution in [2.75, 3.05) is 11.9 Å². The van der Waals surface area contributed by atoms with Crippen molar-refractivity contribution in [1.29, 1.82) is 0 Å². The monoisotopic (exact) mass is 528 g/mol. The van der Waals surface area contributed by atoms with E-state index in [2.05, 4.69) is 66.5 Å². The average molecular weight is 529 g/mol. The maximum absolute atomic E-state index is 13.3. The van der Waals surface area contributed by atoms with E-state index in [1.54, 1.807) is 19.2 Å². The Labute approximate surface area is 231 Å². The lowest BCUT2D eigenvalue weighted by molar-refractivity contribution is -0.117. The minimum Gasteiger partial charge on any atom is -0.336 e. The predicted molar refractivity (Wildman–Crippen MR) is 154 cm³/mol. The van der Waals surface area contributed by atoms with Crippen molar-refractivity contribution in [3.05, 3.63) is 76.4 Å². The fourth-order valence-corrected chi connectivity index (χ4v) is 5.24. The molecule has 0 saturated carbocycles. The summed E-state index contributed by atoms with van der Waals surface area (Å²) in [5.74, 6) is 0.750. The predicted octanol–water partition coefficient (Wildman–Crippen LogP) is 5.10. The Kier molecular flexibility index (Phi) is 9.41. The smallest absolute Gasteiger partial charge is 0.254 e. The largest absolute Gasteiger partial charge is 0.336 e. The first-order chi connectivity index (χ1) is 18.7. The molecule has 3 aromatic rings. The number of carbonyl (C=O) groups excluding carboxylic acids is 2. The van der Waals surface area contributed by atoms with Crippen LogP contribution in [0.1, 0.15) is 78.5 Å². The summed E-state index contributed by atoms with van der Waals surface area (Å²) >= 11 is 0. The number of benzene rings is 1. The fourth-order valence-electron chi connectivity index (χ4n) is 5.24. The molecule has 3 heterocycles. The second-order valence-corrected chi connectivity index (χ2v) is 10.7. The molecular weight excluding hydrogens is 488 g/mol. The molecule has 2 atom stereocenters. The summed E-state index contributed by atoms with van der Waals surface area (Å²) in [6.45, 7) is 11.3. The highest BCUT2D eigenvalue weighted by Crippen LogP contribution is 2.22. The maximum atomic E-state index is 13.3. The third-order valence-electron chi connectivity index (χ3n) is 7.30. The first-order valence-corrected chi connectivity index (χ1v) is 13.9. The maximum Gasteiger partial charge on any atom is 0.254 e. The van der Waals surface area contributed by atoms with Crippen LogP contribution in [0.15, 0.2) is 42.7 Å². The molecule has 39 heavy (non-hydrogen) atoms. The van der Waals surface area contributed by atoms with Crippen LogP contribution in [0.2, 0.25) is 0 Å². The number of nitrogens with one attached hydrogen (secondary N) is 2. The van der Waals surface area contributed by atoms with Gasteiger partial charge in [0.1, 0.15) is 5.78 Å². The molecule has 1 amide bonds. The van der Waals surface area contributed by atoms with E-state index >= 15 is 0 Å². The summed E-state index contributed by atoms with van der Waals surface area (Å²) in [4.78, 5) is 40.3. The summed E-state index contributed by atoms with van der Waals surface area (Å²) in [7, 11) is 0. The molecule has 1 aliphatic rings. The van der Waals surface area contributed by atoms with Crippen molar-refractivity contribution < 1.29 is 9.59 Å². The van der Waals surface area contributed by atoms with Crippen LogP contribution in [0.3, 0.4) is 0 Å². The lowest BCUT2D eigenvalue weighted by atomic mass is 9.97. The molecule has 1 aliphatic heterocycles. The summed E-state index contributed by atoms with van der Waals surface area (Å²) in [6, 6.07) is 10.3. The number of ketones is 1. The number of hydrogen-bond acceptors (Lipinski definition) is 7. The van der Waals surface area contributed by atoms with Crippen LogP contribution in [-0.4, -0.2) is 50.2 Å². The van der Waals surface area contributed by atoms with Crippen LogP contribution in [0.5, 0.6) is 0 Å². The van der Waals surface area contributed by atoms with Crippen LogP contribution < -0.4 is 10.6 Å². The van der Waals surface area contributed by atoms with Gasteiger partial charge in [0.25, 0.3) is 5.91 Å². The first kappa shape index (κ1) is 28.4. The number of aromatic nitrogens is 3. The number of piperidine rings is 1. The number of rotatable bonds is 10. The van der Waals surface area contributed by atoms with Gasteiger partial charge in [0.05, 0.1) is 5.69 Å². The number of pyridine rings is 1. The third-order valence-corrected chi connectivity index (χ3v) is 7.30. The summed E-state index contributed by atoms with van der Waals surface area (Å²) in [6.07, 6.45) is 7.18. The molecule has 0 bridgehead atoms. The van der Waals surface area contributed by atoms with Crippen molar-refractivity contribution in [2.24, 2.45) is 0 Å². The molecule has 0 radical (unpaired) electrons. The van der Waals surface area contributed by atoms with E-state index < -0.39 is 0 Å². The van der Waals surface area contributed by atoms with Crippen LogP contribution in [0, 0.1) is 13.8 Å². The van der Waals surface area contributed by atoms with Gasteiger partial charge < -0.3 is 20.3 Å². The zero-order valence-electron chi connectivity index (χ0n) is 23.8. The number of carbonyl (C=O) groups is 2. The summed E-state index contributed by atoms with van der Waals surface area (Å²) in [5, 5.41) is 7.05. The second-order valence-electron chi connectivity index (χ2n) is 10.7. The van der Waals surface area contributed by atoms with E-state index in [-0.39, 0.29) is 17.7 Å². The molecule has 2 N–H and O–H groups in total. The molecule has 206 valence electrons.